The van der Waals surface area contributed by atoms with E-state index in [9.17, 15) is 14.0 Å². The lowest BCUT2D eigenvalue weighted by atomic mass is 10.2. The van der Waals surface area contributed by atoms with Gasteiger partial charge >= 0.3 is 11.5 Å². The Bertz CT molecular complexity index is 1620. The first kappa shape index (κ1) is 23.2. The monoisotopic (exact) mass is 501 g/mol. The highest BCUT2D eigenvalue weighted by Gasteiger charge is 2.21. The Morgan fingerprint density at radius 2 is 1.81 bits per heavy atom. The van der Waals surface area contributed by atoms with Crippen molar-refractivity contribution in [3.8, 4) is 11.3 Å². The third-order valence-electron chi connectivity index (χ3n) is 5.53. The third-order valence-corrected chi connectivity index (χ3v) is 6.29. The van der Waals surface area contributed by atoms with Gasteiger partial charge < -0.3 is 10.1 Å². The Balaban J connectivity index is 1.57. The quantitative estimate of drug-likeness (QED) is 0.324. The van der Waals surface area contributed by atoms with Crippen LogP contribution in [0.2, 0.25) is 0 Å². The number of nitrogens with one attached hydrogen (secondary N) is 1. The summed E-state index contributed by atoms with van der Waals surface area (Å²) in [5.41, 5.74) is 2.94. The Labute approximate surface area is 209 Å². The van der Waals surface area contributed by atoms with Gasteiger partial charge in [0.05, 0.1) is 29.5 Å². The second-order valence-electron chi connectivity index (χ2n) is 7.80. The number of nitrogens with zero attached hydrogens (tertiary/aromatic N) is 4. The molecule has 36 heavy (non-hydrogen) atoms. The lowest BCUT2D eigenvalue weighted by Crippen LogP contribution is -2.39. The molecule has 8 nitrogen and oxygen atoms in total. The van der Waals surface area contributed by atoms with Crippen molar-refractivity contribution in [1.82, 2.24) is 14.6 Å². The smallest absolute Gasteiger partial charge is 0.362 e. The maximum absolute atomic E-state index is 13.4. The fourth-order valence-electron chi connectivity index (χ4n) is 3.74. The molecule has 1 N–H and O–H groups in total. The summed E-state index contributed by atoms with van der Waals surface area (Å²) in [6, 6.07) is 20.7. The standard InChI is InChI=1S/C26H20FN5O3S/c1-31(19-6-4-3-5-7-19)32-22-14-18(12-13-20(22)29-23(24(32)33)25(34)35-2)28-26-30-21(15-36-26)16-8-10-17(27)11-9-16/h3-15H,1-2H3,(H,28,30). The molecule has 0 aliphatic rings. The van der Waals surface area contributed by atoms with E-state index in [1.165, 1.54) is 35.3 Å². The van der Waals surface area contributed by atoms with Gasteiger partial charge in [-0.3, -0.25) is 9.80 Å². The minimum atomic E-state index is -0.810. The van der Waals surface area contributed by atoms with E-state index >= 15 is 0 Å². The van der Waals surface area contributed by atoms with Crippen LogP contribution in [-0.2, 0) is 4.74 Å². The molecule has 0 saturated carbocycles. The van der Waals surface area contributed by atoms with Crippen LogP contribution in [-0.4, -0.2) is 34.8 Å². The first-order chi connectivity index (χ1) is 17.4. The van der Waals surface area contributed by atoms with Gasteiger partial charge in [-0.1, -0.05) is 18.2 Å². The number of fused-ring (bicyclic) bond motifs is 1. The highest BCUT2D eigenvalue weighted by molar-refractivity contribution is 7.14. The molecule has 3 aromatic carbocycles. The molecule has 5 rings (SSSR count). The van der Waals surface area contributed by atoms with Crippen molar-refractivity contribution < 1.29 is 13.9 Å². The van der Waals surface area contributed by atoms with Gasteiger partial charge in [0.1, 0.15) is 5.82 Å². The zero-order chi connectivity index (χ0) is 25.2. The van der Waals surface area contributed by atoms with Crippen LogP contribution < -0.4 is 15.9 Å². The first-order valence-electron chi connectivity index (χ1n) is 10.9. The molecular weight excluding hydrogens is 481 g/mol. The van der Waals surface area contributed by atoms with Gasteiger partial charge in [-0.05, 0) is 54.6 Å². The van der Waals surface area contributed by atoms with E-state index in [1.807, 2.05) is 35.7 Å². The summed E-state index contributed by atoms with van der Waals surface area (Å²) in [7, 11) is 2.94. The van der Waals surface area contributed by atoms with Gasteiger partial charge in [-0.15, -0.1) is 11.3 Å². The number of halogens is 1. The number of esters is 1. The van der Waals surface area contributed by atoms with Gasteiger partial charge in [-0.25, -0.2) is 23.8 Å². The predicted octanol–water partition coefficient (Wildman–Crippen LogP) is 5.09. The summed E-state index contributed by atoms with van der Waals surface area (Å²) in [6.45, 7) is 0. The molecule has 0 bridgehead atoms. The molecular formula is C26H20FN5O3S. The van der Waals surface area contributed by atoms with E-state index in [2.05, 4.69) is 15.3 Å². The van der Waals surface area contributed by atoms with E-state index in [0.29, 0.717) is 27.5 Å². The lowest BCUT2D eigenvalue weighted by Gasteiger charge is -2.24. The number of thiazole rings is 1. The second kappa shape index (κ2) is 9.59. The van der Waals surface area contributed by atoms with Crippen LogP contribution in [0, 0.1) is 5.82 Å². The maximum atomic E-state index is 13.4. The van der Waals surface area contributed by atoms with E-state index < -0.39 is 11.5 Å². The van der Waals surface area contributed by atoms with Crippen molar-refractivity contribution >= 4 is 44.8 Å². The lowest BCUT2D eigenvalue weighted by molar-refractivity contribution is 0.0591. The van der Waals surface area contributed by atoms with Crippen molar-refractivity contribution in [3.63, 3.8) is 0 Å². The molecule has 2 aromatic heterocycles. The predicted molar refractivity (Wildman–Crippen MR) is 138 cm³/mol. The molecule has 0 amide bonds. The summed E-state index contributed by atoms with van der Waals surface area (Å²) in [6.07, 6.45) is 0. The van der Waals surface area contributed by atoms with E-state index in [1.54, 1.807) is 42.4 Å². The van der Waals surface area contributed by atoms with Gasteiger partial charge in [0.15, 0.2) is 5.13 Å². The van der Waals surface area contributed by atoms with Crippen molar-refractivity contribution in [2.75, 3.05) is 24.5 Å². The van der Waals surface area contributed by atoms with Crippen LogP contribution in [0.1, 0.15) is 10.5 Å². The topological polar surface area (TPSA) is 89.3 Å². The van der Waals surface area contributed by atoms with Crippen molar-refractivity contribution in [2.24, 2.45) is 0 Å². The number of hydrogen-bond acceptors (Lipinski definition) is 8. The van der Waals surface area contributed by atoms with Crippen LogP contribution >= 0.6 is 11.3 Å². The number of hydrogen-bond donors (Lipinski definition) is 1. The number of para-hydroxylation sites is 1. The van der Waals surface area contributed by atoms with Crippen molar-refractivity contribution in [2.45, 2.75) is 0 Å². The molecule has 0 saturated heterocycles. The minimum Gasteiger partial charge on any atom is -0.464 e. The van der Waals surface area contributed by atoms with E-state index in [-0.39, 0.29) is 11.5 Å². The summed E-state index contributed by atoms with van der Waals surface area (Å²) in [4.78, 5) is 34.5. The number of benzene rings is 3. The normalized spacial score (nSPS) is 10.9. The van der Waals surface area contributed by atoms with Gasteiger partial charge in [0.25, 0.3) is 0 Å². The van der Waals surface area contributed by atoms with Crippen LogP contribution in [0.25, 0.3) is 22.3 Å². The van der Waals surface area contributed by atoms with Crippen molar-refractivity contribution in [1.29, 1.82) is 0 Å². The van der Waals surface area contributed by atoms with Gasteiger partial charge in [0, 0.05) is 23.7 Å². The maximum Gasteiger partial charge on any atom is 0.362 e. The average molecular weight is 502 g/mol. The number of carbonyl (C=O) groups is 1. The second-order valence-corrected chi connectivity index (χ2v) is 8.66. The SMILES string of the molecule is COC(=O)c1nc2ccc(Nc3nc(-c4ccc(F)cc4)cs3)cc2n(N(C)c2ccccc2)c1=O. The molecule has 0 aliphatic heterocycles. The number of methoxy groups -OCH3 is 1. The third kappa shape index (κ3) is 4.41. The van der Waals surface area contributed by atoms with Gasteiger partial charge in [-0.2, -0.15) is 0 Å². The Morgan fingerprint density at radius 3 is 2.53 bits per heavy atom. The summed E-state index contributed by atoms with van der Waals surface area (Å²) < 4.78 is 19.4. The fourth-order valence-corrected chi connectivity index (χ4v) is 4.48. The van der Waals surface area contributed by atoms with Crippen LogP contribution in [0.3, 0.4) is 0 Å². The molecule has 0 aliphatic carbocycles. The Morgan fingerprint density at radius 1 is 1.06 bits per heavy atom. The number of aromatic nitrogens is 3. The van der Waals surface area contributed by atoms with Crippen LogP contribution in [0.15, 0.2) is 83.0 Å². The number of rotatable bonds is 6. The number of carbonyl (C=O) groups excluding carboxylic acids is 1. The summed E-state index contributed by atoms with van der Waals surface area (Å²) >= 11 is 1.40. The zero-order valence-electron chi connectivity index (χ0n) is 19.3. The Hall–Kier alpha value is -4.57. The largest absolute Gasteiger partial charge is 0.464 e. The average Bonchev–Trinajstić information content (AvgIpc) is 3.37. The van der Waals surface area contributed by atoms with Crippen LogP contribution in [0.4, 0.5) is 20.9 Å². The molecule has 5 aromatic rings. The number of anilines is 3. The first-order valence-corrected chi connectivity index (χ1v) is 11.8. The molecule has 0 atom stereocenters. The minimum absolute atomic E-state index is 0.307. The molecule has 0 unspecified atom stereocenters. The zero-order valence-corrected chi connectivity index (χ0v) is 20.1. The summed E-state index contributed by atoms with van der Waals surface area (Å²) in [5.74, 6) is -1.12. The van der Waals surface area contributed by atoms with E-state index in [0.717, 1.165) is 11.3 Å². The number of ether oxygens (including phenoxy) is 1. The molecule has 0 spiro atoms. The highest BCUT2D eigenvalue weighted by atomic mass is 32.1. The van der Waals surface area contributed by atoms with E-state index in [4.69, 9.17) is 4.74 Å². The molecule has 0 radical (unpaired) electrons. The fraction of sp³-hybridized carbons (Fsp3) is 0.0769. The van der Waals surface area contributed by atoms with Crippen molar-refractivity contribution in [3.05, 3.63) is 100 Å². The molecule has 2 heterocycles. The molecule has 0 fully saturated rings. The highest BCUT2D eigenvalue weighted by Crippen LogP contribution is 2.28. The molecule has 180 valence electrons. The van der Waals surface area contributed by atoms with Crippen LogP contribution in [0.5, 0.6) is 0 Å². The van der Waals surface area contributed by atoms with Gasteiger partial charge in [0.2, 0.25) is 5.69 Å². The summed E-state index contributed by atoms with van der Waals surface area (Å²) in [5, 5.41) is 7.40. The molecule has 10 heteroatoms. The Kier molecular flexibility index (Phi) is 6.17.